The quantitative estimate of drug-likeness (QED) is 0.660. The Morgan fingerprint density at radius 3 is 2.47 bits per heavy atom. The van der Waals surface area contributed by atoms with E-state index in [1.807, 2.05) is 24.3 Å². The first-order chi connectivity index (χ1) is 8.36. The SMILES string of the molecule is BCc1ccc(-c2nc3ccccc3[nH]2)cc1. The molecule has 1 N–H and O–H groups in total. The smallest absolute Gasteiger partial charge is 0.138 e. The van der Waals surface area contributed by atoms with Crippen LogP contribution in [0.5, 0.6) is 0 Å². The summed E-state index contributed by atoms with van der Waals surface area (Å²) in [4.78, 5) is 7.92. The Hall–Kier alpha value is -2.03. The molecular weight excluding hydrogens is 207 g/mol. The molecule has 0 saturated heterocycles. The van der Waals surface area contributed by atoms with E-state index in [9.17, 15) is 0 Å². The van der Waals surface area contributed by atoms with Crippen LogP contribution in [-0.4, -0.2) is 17.8 Å². The fraction of sp³-hybridized carbons (Fsp3) is 0.0714. The molecule has 1 heterocycles. The van der Waals surface area contributed by atoms with Gasteiger partial charge in [-0.3, -0.25) is 0 Å². The standard InChI is InChI=1S/C14H13BN2/c15-9-10-5-7-11(8-6-10)14-16-12-3-1-2-4-13(12)17-14/h1-8H,9,15H2,(H,16,17). The lowest BCUT2D eigenvalue weighted by molar-refractivity contribution is 1.32. The Morgan fingerprint density at radius 2 is 1.76 bits per heavy atom. The first-order valence-corrected chi connectivity index (χ1v) is 5.91. The molecule has 0 aliphatic heterocycles. The topological polar surface area (TPSA) is 28.7 Å². The van der Waals surface area contributed by atoms with Crippen LogP contribution in [0.2, 0.25) is 0 Å². The second kappa shape index (κ2) is 4.09. The fourth-order valence-corrected chi connectivity index (χ4v) is 1.99. The lowest BCUT2D eigenvalue weighted by Gasteiger charge is -1.98. The van der Waals surface area contributed by atoms with Gasteiger partial charge in [0, 0.05) is 5.56 Å². The molecule has 0 spiro atoms. The second-order valence-electron chi connectivity index (χ2n) is 4.15. The summed E-state index contributed by atoms with van der Waals surface area (Å²) < 4.78 is 0. The van der Waals surface area contributed by atoms with Crippen molar-refractivity contribution in [1.82, 2.24) is 9.97 Å². The zero-order chi connectivity index (χ0) is 11.7. The van der Waals surface area contributed by atoms with Crippen LogP contribution in [0.1, 0.15) is 5.56 Å². The number of nitrogens with one attached hydrogen (secondary N) is 1. The van der Waals surface area contributed by atoms with E-state index in [4.69, 9.17) is 0 Å². The van der Waals surface area contributed by atoms with E-state index >= 15 is 0 Å². The number of nitrogens with zero attached hydrogens (tertiary/aromatic N) is 1. The fourth-order valence-electron chi connectivity index (χ4n) is 1.99. The van der Waals surface area contributed by atoms with Crippen molar-refractivity contribution in [2.45, 2.75) is 6.32 Å². The largest absolute Gasteiger partial charge is 0.338 e. The van der Waals surface area contributed by atoms with Gasteiger partial charge in [-0.2, -0.15) is 0 Å². The van der Waals surface area contributed by atoms with Crippen LogP contribution in [0.4, 0.5) is 0 Å². The number of aromatic nitrogens is 2. The molecule has 3 aromatic rings. The zero-order valence-electron chi connectivity index (χ0n) is 9.77. The summed E-state index contributed by atoms with van der Waals surface area (Å²) in [7, 11) is 2.16. The van der Waals surface area contributed by atoms with Crippen molar-refractivity contribution in [2.75, 3.05) is 0 Å². The van der Waals surface area contributed by atoms with E-state index in [0.717, 1.165) is 28.7 Å². The first-order valence-electron chi connectivity index (χ1n) is 5.91. The Morgan fingerprint density at radius 1 is 1.00 bits per heavy atom. The predicted molar refractivity (Wildman–Crippen MR) is 73.8 cm³/mol. The maximum absolute atomic E-state index is 4.58. The number of para-hydroxylation sites is 2. The number of hydrogen-bond acceptors (Lipinski definition) is 1. The summed E-state index contributed by atoms with van der Waals surface area (Å²) in [5.41, 5.74) is 4.59. The van der Waals surface area contributed by atoms with Crippen LogP contribution in [-0.2, 0) is 6.32 Å². The number of rotatable bonds is 2. The molecule has 17 heavy (non-hydrogen) atoms. The van der Waals surface area contributed by atoms with E-state index in [0.29, 0.717) is 0 Å². The monoisotopic (exact) mass is 220 g/mol. The summed E-state index contributed by atoms with van der Waals surface area (Å²) >= 11 is 0. The highest BCUT2D eigenvalue weighted by molar-refractivity contribution is 6.08. The van der Waals surface area contributed by atoms with Crippen molar-refractivity contribution in [1.29, 1.82) is 0 Å². The number of benzene rings is 2. The first kappa shape index (κ1) is 10.1. The van der Waals surface area contributed by atoms with Gasteiger partial charge in [-0.25, -0.2) is 4.98 Å². The highest BCUT2D eigenvalue weighted by Crippen LogP contribution is 2.20. The third kappa shape index (κ3) is 1.84. The summed E-state index contributed by atoms with van der Waals surface area (Å²) in [6.07, 6.45) is 1.07. The highest BCUT2D eigenvalue weighted by atomic mass is 14.9. The Labute approximate surface area is 101 Å². The maximum Gasteiger partial charge on any atom is 0.138 e. The molecule has 0 unspecified atom stereocenters. The molecule has 0 fully saturated rings. The number of hydrogen-bond donors (Lipinski definition) is 1. The summed E-state index contributed by atoms with van der Waals surface area (Å²) in [6.45, 7) is 0. The number of imidazole rings is 1. The van der Waals surface area contributed by atoms with Crippen LogP contribution >= 0.6 is 0 Å². The molecule has 2 nitrogen and oxygen atoms in total. The molecule has 0 saturated carbocycles. The number of H-pyrrole nitrogens is 1. The number of fused-ring (bicyclic) bond motifs is 1. The Bertz CT molecular complexity index is 608. The molecule has 82 valence electrons. The van der Waals surface area contributed by atoms with Crippen LogP contribution in [0.25, 0.3) is 22.4 Å². The molecular formula is C14H13BN2. The minimum Gasteiger partial charge on any atom is -0.338 e. The zero-order valence-corrected chi connectivity index (χ0v) is 9.77. The van der Waals surface area contributed by atoms with Gasteiger partial charge in [0.2, 0.25) is 0 Å². The lowest BCUT2D eigenvalue weighted by Crippen LogP contribution is -1.84. The molecule has 1 aromatic heterocycles. The predicted octanol–water partition coefficient (Wildman–Crippen LogP) is 2.36. The normalized spacial score (nSPS) is 10.8. The molecule has 2 aromatic carbocycles. The van der Waals surface area contributed by atoms with Gasteiger partial charge >= 0.3 is 0 Å². The Kier molecular flexibility index (Phi) is 2.44. The molecule has 3 rings (SSSR count). The molecule has 3 heteroatoms. The van der Waals surface area contributed by atoms with Gasteiger partial charge in [0.1, 0.15) is 13.7 Å². The Balaban J connectivity index is 2.07. The average Bonchev–Trinajstić information content (AvgIpc) is 2.82. The van der Waals surface area contributed by atoms with Gasteiger partial charge in [-0.05, 0) is 12.1 Å². The molecule has 0 atom stereocenters. The van der Waals surface area contributed by atoms with Crippen LogP contribution < -0.4 is 0 Å². The van der Waals surface area contributed by atoms with Gasteiger partial charge in [0.15, 0.2) is 0 Å². The number of aromatic amines is 1. The second-order valence-corrected chi connectivity index (χ2v) is 4.15. The third-order valence-electron chi connectivity index (χ3n) is 3.02. The van der Waals surface area contributed by atoms with Gasteiger partial charge in [0.25, 0.3) is 0 Å². The van der Waals surface area contributed by atoms with Crippen LogP contribution in [0, 0.1) is 0 Å². The maximum atomic E-state index is 4.58. The molecule has 0 bridgehead atoms. The van der Waals surface area contributed by atoms with Crippen molar-refractivity contribution in [2.24, 2.45) is 0 Å². The summed E-state index contributed by atoms with van der Waals surface area (Å²) in [5.74, 6) is 0.939. The van der Waals surface area contributed by atoms with Gasteiger partial charge in [-0.1, -0.05) is 48.3 Å². The minimum absolute atomic E-state index is 0.939. The van der Waals surface area contributed by atoms with E-state index in [1.54, 1.807) is 0 Å². The van der Waals surface area contributed by atoms with E-state index in [2.05, 4.69) is 42.1 Å². The van der Waals surface area contributed by atoms with Crippen molar-refractivity contribution in [3.8, 4) is 11.4 Å². The lowest BCUT2D eigenvalue weighted by atomic mass is 9.96. The van der Waals surface area contributed by atoms with Gasteiger partial charge in [-0.15, -0.1) is 0 Å². The molecule has 0 aliphatic carbocycles. The summed E-state index contributed by atoms with van der Waals surface area (Å²) in [6, 6.07) is 16.7. The van der Waals surface area contributed by atoms with Gasteiger partial charge < -0.3 is 4.98 Å². The van der Waals surface area contributed by atoms with Gasteiger partial charge in [0.05, 0.1) is 11.0 Å². The van der Waals surface area contributed by atoms with E-state index in [1.165, 1.54) is 5.56 Å². The van der Waals surface area contributed by atoms with Crippen molar-refractivity contribution < 1.29 is 0 Å². The van der Waals surface area contributed by atoms with Crippen molar-refractivity contribution in [3.63, 3.8) is 0 Å². The van der Waals surface area contributed by atoms with Crippen molar-refractivity contribution in [3.05, 3.63) is 54.1 Å². The minimum atomic E-state index is 0.939. The molecule has 0 aliphatic rings. The third-order valence-corrected chi connectivity index (χ3v) is 3.02. The van der Waals surface area contributed by atoms with Crippen molar-refractivity contribution >= 4 is 18.9 Å². The van der Waals surface area contributed by atoms with E-state index in [-0.39, 0.29) is 0 Å². The highest BCUT2D eigenvalue weighted by Gasteiger charge is 2.03. The summed E-state index contributed by atoms with van der Waals surface area (Å²) in [5, 5.41) is 0. The average molecular weight is 220 g/mol. The van der Waals surface area contributed by atoms with Crippen LogP contribution in [0.3, 0.4) is 0 Å². The van der Waals surface area contributed by atoms with Crippen LogP contribution in [0.15, 0.2) is 48.5 Å². The van der Waals surface area contributed by atoms with E-state index < -0.39 is 0 Å². The molecule has 0 amide bonds. The molecule has 0 radical (unpaired) electrons.